The molecule has 0 fully saturated rings. The van der Waals surface area contributed by atoms with Gasteiger partial charge in [-0.15, -0.1) is 0 Å². The minimum atomic E-state index is -0.885. The number of quaternary nitrogens is 1. The molecule has 55 heavy (non-hydrogen) atoms. The van der Waals surface area contributed by atoms with E-state index in [0.29, 0.717) is 19.3 Å². The van der Waals surface area contributed by atoms with Crippen molar-refractivity contribution >= 4 is 17.9 Å². The number of allylic oxidation sites excluding steroid dienone is 12. The molecule has 0 heterocycles. The van der Waals surface area contributed by atoms with E-state index in [1.807, 2.05) is 21.1 Å². The Morgan fingerprint density at radius 2 is 1.02 bits per heavy atom. The highest BCUT2D eigenvalue weighted by atomic mass is 16.6. The van der Waals surface area contributed by atoms with Gasteiger partial charge in [0.2, 0.25) is 0 Å². The van der Waals surface area contributed by atoms with Crippen molar-refractivity contribution in [3.63, 3.8) is 0 Å². The highest BCUT2D eigenvalue weighted by Gasteiger charge is 2.31. The van der Waals surface area contributed by atoms with E-state index >= 15 is 0 Å². The lowest BCUT2D eigenvalue weighted by Crippen LogP contribution is -2.50. The van der Waals surface area contributed by atoms with Gasteiger partial charge in [0, 0.05) is 19.3 Å². The summed E-state index contributed by atoms with van der Waals surface area (Å²) < 4.78 is 17.2. The van der Waals surface area contributed by atoms with Gasteiger partial charge in [0.25, 0.3) is 0 Å². The monoisotopic (exact) mass is 771 g/mol. The summed E-state index contributed by atoms with van der Waals surface area (Å²) in [6, 6.07) is -0.624. The number of hydrogen-bond acceptors (Lipinski definition) is 6. The van der Waals surface area contributed by atoms with E-state index in [-0.39, 0.29) is 36.2 Å². The Kier molecular flexibility index (Phi) is 35.5. The van der Waals surface area contributed by atoms with E-state index in [0.717, 1.165) is 103 Å². The predicted molar refractivity (Wildman–Crippen MR) is 229 cm³/mol. The first-order chi connectivity index (χ1) is 26.6. The molecule has 8 heteroatoms. The average molecular weight is 771 g/mol. The van der Waals surface area contributed by atoms with Gasteiger partial charge in [-0.3, -0.25) is 9.59 Å². The second-order valence-corrected chi connectivity index (χ2v) is 15.2. The maximum Gasteiger partial charge on any atom is 0.362 e. The lowest BCUT2D eigenvalue weighted by Gasteiger charge is -2.31. The van der Waals surface area contributed by atoms with E-state index in [1.54, 1.807) is 0 Å². The average Bonchev–Trinajstić information content (AvgIpc) is 3.14. The fourth-order valence-electron chi connectivity index (χ4n) is 5.74. The minimum absolute atomic E-state index is 0.0426. The summed E-state index contributed by atoms with van der Waals surface area (Å²) in [6.45, 7) is 4.52. The summed E-state index contributed by atoms with van der Waals surface area (Å²) in [7, 11) is 5.50. The summed E-state index contributed by atoms with van der Waals surface area (Å²) in [5, 5.41) is 9.61. The number of hydrogen-bond donors (Lipinski definition) is 1. The van der Waals surface area contributed by atoms with Crippen LogP contribution in [0.25, 0.3) is 0 Å². The topological polar surface area (TPSA) is 99.1 Å². The Labute approximate surface area is 336 Å². The molecule has 0 aromatic heterocycles. The van der Waals surface area contributed by atoms with Crippen molar-refractivity contribution in [2.45, 2.75) is 167 Å². The van der Waals surface area contributed by atoms with Crippen LogP contribution >= 0.6 is 0 Å². The first kappa shape index (κ1) is 51.8. The normalized spacial score (nSPS) is 13.7. The Morgan fingerprint density at radius 1 is 0.564 bits per heavy atom. The zero-order chi connectivity index (χ0) is 40.7. The van der Waals surface area contributed by atoms with Gasteiger partial charge in [-0.25, -0.2) is 4.79 Å². The molecule has 0 aromatic carbocycles. The number of likely N-dealkylation sites (N-methyl/N-ethyl adjacent to an activating group) is 1. The summed E-state index contributed by atoms with van der Waals surface area (Å²) in [5.74, 6) is -1.53. The van der Waals surface area contributed by atoms with Crippen LogP contribution in [0.5, 0.6) is 0 Å². The number of carboxylic acid groups (broad SMARTS) is 1. The van der Waals surface area contributed by atoms with Gasteiger partial charge in [-0.1, -0.05) is 132 Å². The van der Waals surface area contributed by atoms with Gasteiger partial charge in [0.1, 0.15) is 6.61 Å². The van der Waals surface area contributed by atoms with Crippen molar-refractivity contribution in [1.82, 2.24) is 0 Å². The molecule has 314 valence electrons. The third kappa shape index (κ3) is 36.2. The van der Waals surface area contributed by atoms with E-state index < -0.39 is 18.1 Å². The number of carbonyl (C=O) groups excluding carboxylic acids is 2. The lowest BCUT2D eigenvalue weighted by atomic mass is 10.1. The number of ether oxygens (including phenoxy) is 3. The molecular formula is C47H80NO7+. The summed E-state index contributed by atoms with van der Waals surface area (Å²) in [5.41, 5.74) is 0. The third-order valence-electron chi connectivity index (χ3n) is 9.09. The Balaban J connectivity index is 4.45. The number of aliphatic carboxylic acids is 1. The van der Waals surface area contributed by atoms with Crippen molar-refractivity contribution in [3.05, 3.63) is 72.9 Å². The van der Waals surface area contributed by atoms with Crippen LogP contribution in [-0.2, 0) is 28.6 Å². The molecule has 0 aromatic rings. The van der Waals surface area contributed by atoms with E-state index in [2.05, 4.69) is 86.8 Å². The predicted octanol–water partition coefficient (Wildman–Crippen LogP) is 11.6. The number of unbranched alkanes of at least 4 members (excludes halogenated alkanes) is 11. The number of rotatable bonds is 37. The number of carbonyl (C=O) groups is 3. The molecule has 2 unspecified atom stereocenters. The van der Waals surface area contributed by atoms with E-state index in [9.17, 15) is 19.5 Å². The molecule has 0 spiro atoms. The summed E-state index contributed by atoms with van der Waals surface area (Å²) in [4.78, 5) is 36.9. The van der Waals surface area contributed by atoms with Crippen molar-refractivity contribution in [1.29, 1.82) is 0 Å². The van der Waals surface area contributed by atoms with Crippen LogP contribution in [0.3, 0.4) is 0 Å². The first-order valence-electron chi connectivity index (χ1n) is 21.5. The zero-order valence-corrected chi connectivity index (χ0v) is 35.6. The van der Waals surface area contributed by atoms with E-state index in [1.165, 1.54) is 19.3 Å². The van der Waals surface area contributed by atoms with Gasteiger partial charge in [-0.05, 0) is 77.0 Å². The summed E-state index contributed by atoms with van der Waals surface area (Å²) in [6.07, 6.45) is 46.5. The van der Waals surface area contributed by atoms with Crippen molar-refractivity contribution in [2.75, 3.05) is 41.0 Å². The molecule has 0 rings (SSSR count). The van der Waals surface area contributed by atoms with Crippen molar-refractivity contribution in [3.8, 4) is 0 Å². The van der Waals surface area contributed by atoms with Crippen molar-refractivity contribution < 1.29 is 38.2 Å². The van der Waals surface area contributed by atoms with Gasteiger partial charge in [0.15, 0.2) is 12.1 Å². The van der Waals surface area contributed by atoms with Crippen LogP contribution in [-0.4, -0.2) is 80.6 Å². The molecule has 0 saturated carbocycles. The lowest BCUT2D eigenvalue weighted by molar-refractivity contribution is -0.887. The van der Waals surface area contributed by atoms with Crippen LogP contribution in [0.1, 0.15) is 155 Å². The molecule has 0 radical (unpaired) electrons. The third-order valence-corrected chi connectivity index (χ3v) is 9.09. The van der Waals surface area contributed by atoms with Gasteiger partial charge in [-0.2, -0.15) is 0 Å². The summed E-state index contributed by atoms with van der Waals surface area (Å²) >= 11 is 0. The van der Waals surface area contributed by atoms with Gasteiger partial charge >= 0.3 is 17.9 Å². The quantitative estimate of drug-likeness (QED) is 0.0291. The maximum absolute atomic E-state index is 12.7. The molecule has 1 N–H and O–H groups in total. The molecule has 0 saturated heterocycles. The standard InChI is InChI=1S/C47H79NO7/c1-6-8-10-12-14-16-18-20-22-23-24-26-28-30-32-34-36-38-46(50)55-43(41-53-40-39-44(47(51)52)48(3,4)5)42-54-45(49)37-35-33-31-29-27-25-21-19-17-15-13-11-9-7-2/h8,10,13-16,19-22,24,26,43-44H,6-7,9,11-12,17-18,23,25,27-42H2,1-5H3/p+1/b10-8-,15-13-,16-14-,21-19-,22-20-,26-24-. The smallest absolute Gasteiger partial charge is 0.362 e. The maximum atomic E-state index is 12.7. The molecule has 0 amide bonds. The Bertz CT molecular complexity index is 1130. The van der Waals surface area contributed by atoms with Crippen LogP contribution in [0.15, 0.2) is 72.9 Å². The fourth-order valence-corrected chi connectivity index (χ4v) is 5.74. The van der Waals surface area contributed by atoms with E-state index in [4.69, 9.17) is 14.2 Å². The number of carboxylic acids is 1. The number of nitrogens with zero attached hydrogens (tertiary/aromatic N) is 1. The Morgan fingerprint density at radius 3 is 1.51 bits per heavy atom. The SMILES string of the molecule is CC/C=C\C/C=C\C/C=C\C/C=C\CCCCCCC(=O)OC(COCCC(C(=O)O)[N+](C)(C)C)COC(=O)CCCCCCC/C=C\C/C=C\CCCC. The van der Waals surface area contributed by atoms with Crippen molar-refractivity contribution in [2.24, 2.45) is 0 Å². The second-order valence-electron chi connectivity index (χ2n) is 15.2. The second kappa shape index (κ2) is 37.7. The zero-order valence-electron chi connectivity index (χ0n) is 35.6. The first-order valence-corrected chi connectivity index (χ1v) is 21.5. The Hall–Kier alpha value is -3.23. The molecule has 0 bridgehead atoms. The van der Waals surface area contributed by atoms with Crippen LogP contribution in [0.4, 0.5) is 0 Å². The molecular weight excluding hydrogens is 691 g/mol. The molecule has 0 aliphatic carbocycles. The van der Waals surface area contributed by atoms with Crippen LogP contribution in [0, 0.1) is 0 Å². The molecule has 8 nitrogen and oxygen atoms in total. The van der Waals surface area contributed by atoms with Crippen LogP contribution in [0.2, 0.25) is 0 Å². The molecule has 0 aliphatic rings. The largest absolute Gasteiger partial charge is 0.477 e. The minimum Gasteiger partial charge on any atom is -0.477 e. The fraction of sp³-hybridized carbons (Fsp3) is 0.681. The molecule has 2 atom stereocenters. The highest BCUT2D eigenvalue weighted by molar-refractivity contribution is 5.72. The highest BCUT2D eigenvalue weighted by Crippen LogP contribution is 2.12. The molecule has 0 aliphatic heterocycles. The van der Waals surface area contributed by atoms with Gasteiger partial charge < -0.3 is 23.8 Å². The number of esters is 2. The van der Waals surface area contributed by atoms with Crippen LogP contribution < -0.4 is 0 Å². The van der Waals surface area contributed by atoms with Gasteiger partial charge in [0.05, 0.1) is 34.4 Å².